The normalized spacial score (nSPS) is 31.8. The van der Waals surface area contributed by atoms with Gasteiger partial charge >= 0.3 is 0 Å². The molecule has 0 aromatic heterocycles. The molecule has 0 radical (unpaired) electrons. The fourth-order valence-electron chi connectivity index (χ4n) is 1.89. The van der Waals surface area contributed by atoms with Crippen molar-refractivity contribution in [2.45, 2.75) is 24.8 Å². The first-order valence-corrected chi connectivity index (χ1v) is 4.62. The van der Waals surface area contributed by atoms with E-state index in [1.807, 2.05) is 12.1 Å². The first-order valence-electron chi connectivity index (χ1n) is 4.62. The zero-order valence-electron chi connectivity index (χ0n) is 7.83. The zero-order valence-corrected chi connectivity index (χ0v) is 7.83. The van der Waals surface area contributed by atoms with Crippen LogP contribution >= 0.6 is 0 Å². The van der Waals surface area contributed by atoms with Crippen LogP contribution in [0.2, 0.25) is 0 Å². The minimum Gasteiger partial charge on any atom is -0.394 e. The number of nitrogens with two attached hydrogens (primary N) is 1. The van der Waals surface area contributed by atoms with E-state index in [2.05, 4.69) is 19.1 Å². The summed E-state index contributed by atoms with van der Waals surface area (Å²) in [6.45, 7) is 2.18. The molecule has 0 amide bonds. The molecule has 0 saturated heterocycles. The van der Waals surface area contributed by atoms with Gasteiger partial charge in [0.15, 0.2) is 0 Å². The van der Waals surface area contributed by atoms with Crippen molar-refractivity contribution in [2.24, 2.45) is 5.73 Å². The molecule has 1 aliphatic carbocycles. The van der Waals surface area contributed by atoms with Crippen LogP contribution in [0.5, 0.6) is 0 Å². The van der Waals surface area contributed by atoms with E-state index in [9.17, 15) is 0 Å². The van der Waals surface area contributed by atoms with Gasteiger partial charge in [-0.3, -0.25) is 0 Å². The van der Waals surface area contributed by atoms with Crippen molar-refractivity contribution in [3.8, 4) is 0 Å². The smallest absolute Gasteiger partial charge is 0.0617 e. The van der Waals surface area contributed by atoms with E-state index in [0.29, 0.717) is 5.92 Å². The van der Waals surface area contributed by atoms with Crippen molar-refractivity contribution in [1.82, 2.24) is 0 Å². The summed E-state index contributed by atoms with van der Waals surface area (Å²) in [5, 5.41) is 9.06. The van der Waals surface area contributed by atoms with E-state index in [1.165, 1.54) is 11.1 Å². The summed E-state index contributed by atoms with van der Waals surface area (Å²) in [6, 6.07) is 8.24. The molecule has 2 heteroatoms. The highest BCUT2D eigenvalue weighted by atomic mass is 16.3. The molecule has 1 saturated carbocycles. The first kappa shape index (κ1) is 8.73. The van der Waals surface area contributed by atoms with E-state index in [0.717, 1.165) is 6.42 Å². The van der Waals surface area contributed by atoms with Crippen molar-refractivity contribution >= 4 is 0 Å². The number of rotatable bonds is 2. The molecule has 13 heavy (non-hydrogen) atoms. The Balaban J connectivity index is 2.25. The van der Waals surface area contributed by atoms with E-state index in [4.69, 9.17) is 10.8 Å². The molecule has 1 aliphatic rings. The molecule has 2 nitrogen and oxygen atoms in total. The Morgan fingerprint density at radius 3 is 2.77 bits per heavy atom. The van der Waals surface area contributed by atoms with Gasteiger partial charge in [-0.05, 0) is 24.5 Å². The Morgan fingerprint density at radius 2 is 2.23 bits per heavy atom. The van der Waals surface area contributed by atoms with Crippen LogP contribution < -0.4 is 5.73 Å². The maximum absolute atomic E-state index is 9.06. The summed E-state index contributed by atoms with van der Waals surface area (Å²) < 4.78 is 0. The molecule has 0 spiro atoms. The van der Waals surface area contributed by atoms with E-state index < -0.39 is 0 Å². The lowest BCUT2D eigenvalue weighted by molar-refractivity contribution is 0.253. The zero-order chi connectivity index (χ0) is 9.47. The number of hydrogen-bond acceptors (Lipinski definition) is 2. The Hall–Kier alpha value is -0.860. The molecule has 3 N–H and O–H groups in total. The molecular formula is C11H15NO. The molecule has 0 bridgehead atoms. The quantitative estimate of drug-likeness (QED) is 0.712. The third-order valence-electron chi connectivity index (χ3n) is 2.98. The summed E-state index contributed by atoms with van der Waals surface area (Å²) in [4.78, 5) is 0. The lowest BCUT2D eigenvalue weighted by Crippen LogP contribution is -2.28. The van der Waals surface area contributed by atoms with E-state index in [1.54, 1.807) is 0 Å². The number of hydrogen-bond donors (Lipinski definition) is 2. The predicted octanol–water partition coefficient (Wildman–Crippen LogP) is 1.17. The van der Waals surface area contributed by atoms with Gasteiger partial charge in [0.1, 0.15) is 0 Å². The van der Waals surface area contributed by atoms with Gasteiger partial charge in [-0.2, -0.15) is 0 Å². The fourth-order valence-corrected chi connectivity index (χ4v) is 1.89. The second kappa shape index (κ2) is 2.82. The number of aliphatic hydroxyl groups excluding tert-OH is 1. The third-order valence-corrected chi connectivity index (χ3v) is 2.98. The van der Waals surface area contributed by atoms with Crippen molar-refractivity contribution in [1.29, 1.82) is 0 Å². The van der Waals surface area contributed by atoms with Crippen molar-refractivity contribution < 1.29 is 5.11 Å². The Labute approximate surface area is 78.4 Å². The van der Waals surface area contributed by atoms with Crippen LogP contribution in [0.25, 0.3) is 0 Å². The monoisotopic (exact) mass is 177 g/mol. The number of aliphatic hydroxyl groups is 1. The van der Waals surface area contributed by atoms with E-state index >= 15 is 0 Å². The van der Waals surface area contributed by atoms with Gasteiger partial charge in [-0.15, -0.1) is 0 Å². The second-order valence-corrected chi connectivity index (χ2v) is 4.00. The number of benzene rings is 1. The molecule has 0 aliphatic heterocycles. The Morgan fingerprint density at radius 1 is 1.54 bits per heavy atom. The molecule has 1 fully saturated rings. The first-order chi connectivity index (χ1) is 6.17. The standard InChI is InChI=1S/C11H15NO/c1-8-4-2-3-5-9(8)10-6-11(10,12)7-13/h2-5,10,13H,6-7,12H2,1H3. The van der Waals surface area contributed by atoms with Gasteiger partial charge in [-0.25, -0.2) is 0 Å². The SMILES string of the molecule is Cc1ccccc1C1CC1(N)CO. The average Bonchev–Trinajstić information content (AvgIpc) is 2.80. The van der Waals surface area contributed by atoms with Crippen LogP contribution in [0.1, 0.15) is 23.5 Å². The Kier molecular flexibility index (Phi) is 1.90. The van der Waals surface area contributed by atoms with Gasteiger partial charge in [0.05, 0.1) is 6.61 Å². The molecule has 70 valence electrons. The summed E-state index contributed by atoms with van der Waals surface area (Å²) in [5.41, 5.74) is 8.16. The fraction of sp³-hybridized carbons (Fsp3) is 0.455. The van der Waals surface area contributed by atoms with Crippen LogP contribution in [0.3, 0.4) is 0 Å². The minimum absolute atomic E-state index is 0.0893. The largest absolute Gasteiger partial charge is 0.394 e. The van der Waals surface area contributed by atoms with Crippen LogP contribution in [0, 0.1) is 6.92 Å². The lowest BCUT2D eigenvalue weighted by Gasteiger charge is -2.09. The van der Waals surface area contributed by atoms with Crippen molar-refractivity contribution in [2.75, 3.05) is 6.61 Å². The molecule has 1 aromatic rings. The maximum atomic E-state index is 9.06. The molecule has 2 atom stereocenters. The van der Waals surface area contributed by atoms with Gasteiger partial charge < -0.3 is 10.8 Å². The topological polar surface area (TPSA) is 46.2 Å². The molecule has 1 aromatic carbocycles. The molecular weight excluding hydrogens is 162 g/mol. The van der Waals surface area contributed by atoms with Gasteiger partial charge in [0, 0.05) is 11.5 Å². The lowest BCUT2D eigenvalue weighted by atomic mass is 10.0. The van der Waals surface area contributed by atoms with Gasteiger partial charge in [0.25, 0.3) is 0 Å². The van der Waals surface area contributed by atoms with Crippen LogP contribution in [0.15, 0.2) is 24.3 Å². The molecule has 0 heterocycles. The minimum atomic E-state index is -0.341. The average molecular weight is 177 g/mol. The maximum Gasteiger partial charge on any atom is 0.0617 e. The summed E-state index contributed by atoms with van der Waals surface area (Å²) in [5.74, 6) is 0.360. The highest BCUT2D eigenvalue weighted by Crippen LogP contribution is 2.49. The van der Waals surface area contributed by atoms with Crippen LogP contribution in [0.4, 0.5) is 0 Å². The summed E-state index contributed by atoms with van der Waals surface area (Å²) in [6.07, 6.45) is 0.911. The summed E-state index contributed by atoms with van der Waals surface area (Å²) in [7, 11) is 0. The highest BCUT2D eigenvalue weighted by Gasteiger charge is 2.51. The van der Waals surface area contributed by atoms with Crippen molar-refractivity contribution in [3.05, 3.63) is 35.4 Å². The predicted molar refractivity (Wildman–Crippen MR) is 52.5 cm³/mol. The van der Waals surface area contributed by atoms with Crippen LogP contribution in [-0.4, -0.2) is 17.3 Å². The van der Waals surface area contributed by atoms with Gasteiger partial charge in [0.2, 0.25) is 0 Å². The Bertz CT molecular complexity index is 324. The number of aryl methyl sites for hydroxylation is 1. The molecule has 2 unspecified atom stereocenters. The third kappa shape index (κ3) is 1.36. The van der Waals surface area contributed by atoms with E-state index in [-0.39, 0.29) is 12.1 Å². The molecule has 2 rings (SSSR count). The van der Waals surface area contributed by atoms with Crippen molar-refractivity contribution in [3.63, 3.8) is 0 Å². The van der Waals surface area contributed by atoms with Gasteiger partial charge in [-0.1, -0.05) is 24.3 Å². The van der Waals surface area contributed by atoms with Crippen LogP contribution in [-0.2, 0) is 0 Å². The second-order valence-electron chi connectivity index (χ2n) is 4.00. The summed E-state index contributed by atoms with van der Waals surface area (Å²) >= 11 is 0. The highest BCUT2D eigenvalue weighted by molar-refractivity contribution is 5.38.